The van der Waals surface area contributed by atoms with Crippen molar-refractivity contribution in [1.82, 2.24) is 29.6 Å². The van der Waals surface area contributed by atoms with Crippen molar-refractivity contribution in [1.29, 1.82) is 0 Å². The van der Waals surface area contributed by atoms with Crippen molar-refractivity contribution in [2.45, 2.75) is 26.4 Å². The minimum atomic E-state index is -2.80. The molecule has 0 aliphatic rings. The highest BCUT2D eigenvalue weighted by Gasteiger charge is 2.25. The molecule has 5 rings (SSSR count). The van der Waals surface area contributed by atoms with Crippen molar-refractivity contribution < 1.29 is 18.0 Å². The number of benzene rings is 1. The monoisotopic (exact) mass is 450 g/mol. The molecule has 1 atom stereocenters. The molecule has 8 nitrogen and oxygen atoms in total. The number of aryl methyl sites for hydroxylation is 2. The fourth-order valence-corrected chi connectivity index (χ4v) is 4.09. The number of carbonyl (C=O) groups excluding carboxylic acids is 1. The van der Waals surface area contributed by atoms with Crippen LogP contribution in [0, 0.1) is 6.92 Å². The van der Waals surface area contributed by atoms with Crippen molar-refractivity contribution in [3.63, 3.8) is 0 Å². The van der Waals surface area contributed by atoms with Crippen LogP contribution in [0.5, 0.6) is 0 Å². The molecule has 1 amide bonds. The smallest absolute Gasteiger partial charge is 0.320 e. The Morgan fingerprint density at radius 1 is 1.15 bits per heavy atom. The molecule has 0 aliphatic heterocycles. The minimum Gasteiger partial charge on any atom is -0.463 e. The maximum Gasteiger partial charge on any atom is 0.320 e. The van der Waals surface area contributed by atoms with E-state index < -0.39 is 18.5 Å². The first-order chi connectivity index (χ1) is 15.8. The predicted molar refractivity (Wildman–Crippen MR) is 118 cm³/mol. The van der Waals surface area contributed by atoms with Crippen molar-refractivity contribution in [3.05, 3.63) is 65.8 Å². The van der Waals surface area contributed by atoms with E-state index in [1.54, 1.807) is 68.0 Å². The first kappa shape index (κ1) is 20.8. The first-order valence-electron chi connectivity index (χ1n) is 10.3. The standard InChI is InChI=1S/C23H20F2N6O2/c1-12-19-14(11-16(18-9-6-10-33-18)28-21(19)30(3)29-12)22(32)26-13(2)20-27-15-7-4-5-8-17(15)31(20)23(24)25/h4-11,13,23H,1-3H3,(H,26,32). The van der Waals surface area contributed by atoms with Crippen LogP contribution in [-0.2, 0) is 7.05 Å². The van der Waals surface area contributed by atoms with Gasteiger partial charge >= 0.3 is 6.55 Å². The van der Waals surface area contributed by atoms with E-state index in [0.29, 0.717) is 44.8 Å². The summed E-state index contributed by atoms with van der Waals surface area (Å²) in [5.74, 6) is 0.114. The Bertz CT molecular complexity index is 1490. The molecule has 10 heteroatoms. The van der Waals surface area contributed by atoms with Gasteiger partial charge in [0, 0.05) is 7.05 Å². The fraction of sp³-hybridized carbons (Fsp3) is 0.217. The molecule has 0 saturated carbocycles. The topological polar surface area (TPSA) is 90.8 Å². The Morgan fingerprint density at radius 3 is 2.67 bits per heavy atom. The van der Waals surface area contributed by atoms with Gasteiger partial charge in [-0.25, -0.2) is 9.97 Å². The van der Waals surface area contributed by atoms with Crippen LogP contribution >= 0.6 is 0 Å². The lowest BCUT2D eigenvalue weighted by molar-refractivity contribution is 0.0688. The number of pyridine rings is 1. The Labute approximate surface area is 186 Å². The molecule has 168 valence electrons. The number of carbonyl (C=O) groups is 1. The molecular formula is C23H20F2N6O2. The van der Waals surface area contributed by atoms with Crippen molar-refractivity contribution >= 4 is 28.0 Å². The number of nitrogens with one attached hydrogen (secondary N) is 1. The fourth-order valence-electron chi connectivity index (χ4n) is 4.09. The average Bonchev–Trinajstić information content (AvgIpc) is 3.51. The van der Waals surface area contributed by atoms with Crippen LogP contribution in [0.25, 0.3) is 33.5 Å². The molecule has 1 unspecified atom stereocenters. The zero-order valence-corrected chi connectivity index (χ0v) is 18.1. The quantitative estimate of drug-likeness (QED) is 0.416. The van der Waals surface area contributed by atoms with E-state index in [2.05, 4.69) is 20.4 Å². The number of alkyl halides is 2. The highest BCUT2D eigenvalue weighted by molar-refractivity contribution is 6.07. The lowest BCUT2D eigenvalue weighted by Crippen LogP contribution is -2.29. The number of fused-ring (bicyclic) bond motifs is 2. The van der Waals surface area contributed by atoms with Crippen LogP contribution in [0.4, 0.5) is 8.78 Å². The maximum atomic E-state index is 13.9. The van der Waals surface area contributed by atoms with Crippen molar-refractivity contribution in [2.75, 3.05) is 0 Å². The van der Waals surface area contributed by atoms with Gasteiger partial charge in [0.15, 0.2) is 11.4 Å². The Morgan fingerprint density at radius 2 is 1.94 bits per heavy atom. The van der Waals surface area contributed by atoms with E-state index in [1.165, 1.54) is 6.26 Å². The lowest BCUT2D eigenvalue weighted by atomic mass is 10.1. The molecule has 0 fully saturated rings. The van der Waals surface area contributed by atoms with Crippen molar-refractivity contribution in [2.24, 2.45) is 7.05 Å². The molecule has 1 N–H and O–H groups in total. The molecule has 0 spiro atoms. The molecule has 33 heavy (non-hydrogen) atoms. The number of para-hydroxylation sites is 2. The number of nitrogens with zero attached hydrogens (tertiary/aromatic N) is 5. The van der Waals surface area contributed by atoms with Crippen LogP contribution < -0.4 is 5.32 Å². The SMILES string of the molecule is Cc1nn(C)c2nc(-c3ccco3)cc(C(=O)NC(C)c3nc4ccccc4n3C(F)F)c12. The van der Waals surface area contributed by atoms with E-state index in [9.17, 15) is 13.6 Å². The second-order valence-electron chi connectivity index (χ2n) is 7.74. The van der Waals surface area contributed by atoms with E-state index in [-0.39, 0.29) is 5.82 Å². The minimum absolute atomic E-state index is 0.0685. The summed E-state index contributed by atoms with van der Waals surface area (Å²) in [5.41, 5.74) is 2.67. The van der Waals surface area contributed by atoms with Crippen LogP contribution in [0.15, 0.2) is 53.1 Å². The number of halogens is 2. The zero-order chi connectivity index (χ0) is 23.3. The summed E-state index contributed by atoms with van der Waals surface area (Å²) in [6.07, 6.45) is 1.52. The number of imidazole rings is 1. The van der Waals surface area contributed by atoms with E-state index >= 15 is 0 Å². The molecular weight excluding hydrogens is 430 g/mol. The van der Waals surface area contributed by atoms with Gasteiger partial charge < -0.3 is 9.73 Å². The van der Waals surface area contributed by atoms with Crippen LogP contribution in [0.2, 0.25) is 0 Å². The molecule has 0 aliphatic carbocycles. The van der Waals surface area contributed by atoms with Gasteiger partial charge in [0.25, 0.3) is 5.91 Å². The summed E-state index contributed by atoms with van der Waals surface area (Å²) in [6.45, 7) is 0.609. The molecule has 0 saturated heterocycles. The van der Waals surface area contributed by atoms with E-state index in [4.69, 9.17) is 4.42 Å². The van der Waals surface area contributed by atoms with Crippen LogP contribution in [0.3, 0.4) is 0 Å². The largest absolute Gasteiger partial charge is 0.463 e. The summed E-state index contributed by atoms with van der Waals surface area (Å²) < 4.78 is 35.6. The van der Waals surface area contributed by atoms with Gasteiger partial charge in [0.2, 0.25) is 0 Å². The highest BCUT2D eigenvalue weighted by atomic mass is 19.3. The Hall–Kier alpha value is -4.08. The first-order valence-corrected chi connectivity index (χ1v) is 10.3. The van der Waals surface area contributed by atoms with Crippen LogP contribution in [0.1, 0.15) is 41.4 Å². The van der Waals surface area contributed by atoms with Gasteiger partial charge in [-0.05, 0) is 44.2 Å². The normalized spacial score (nSPS) is 12.7. The molecule has 5 aromatic rings. The third kappa shape index (κ3) is 3.43. The second-order valence-corrected chi connectivity index (χ2v) is 7.74. The third-order valence-electron chi connectivity index (χ3n) is 5.54. The molecule has 1 aromatic carbocycles. The van der Waals surface area contributed by atoms with Gasteiger partial charge in [0.1, 0.15) is 11.5 Å². The summed E-state index contributed by atoms with van der Waals surface area (Å²) in [5, 5.41) is 7.79. The second kappa shape index (κ2) is 7.80. The van der Waals surface area contributed by atoms with Gasteiger partial charge in [-0.1, -0.05) is 12.1 Å². The summed E-state index contributed by atoms with van der Waals surface area (Å²) in [6, 6.07) is 10.9. The van der Waals surface area contributed by atoms with Gasteiger partial charge in [-0.15, -0.1) is 0 Å². The summed E-state index contributed by atoms with van der Waals surface area (Å²) >= 11 is 0. The molecule has 4 heterocycles. The zero-order valence-electron chi connectivity index (χ0n) is 18.1. The lowest BCUT2D eigenvalue weighted by Gasteiger charge is -2.16. The van der Waals surface area contributed by atoms with Crippen molar-refractivity contribution in [3.8, 4) is 11.5 Å². The summed E-state index contributed by atoms with van der Waals surface area (Å²) in [4.78, 5) is 22.3. The Kier molecular flexibility index (Phi) is 4.92. The third-order valence-corrected chi connectivity index (χ3v) is 5.54. The van der Waals surface area contributed by atoms with Gasteiger partial charge in [0.05, 0.1) is 40.0 Å². The molecule has 0 radical (unpaired) electrons. The molecule has 0 bridgehead atoms. The highest BCUT2D eigenvalue weighted by Crippen LogP contribution is 2.29. The Balaban J connectivity index is 1.57. The number of amides is 1. The molecule has 4 aromatic heterocycles. The van der Waals surface area contributed by atoms with Crippen LogP contribution in [-0.4, -0.2) is 30.2 Å². The predicted octanol–water partition coefficient (Wildman–Crippen LogP) is 4.77. The number of aromatic nitrogens is 5. The number of hydrogen-bond acceptors (Lipinski definition) is 5. The average molecular weight is 450 g/mol. The van der Waals surface area contributed by atoms with Gasteiger partial charge in [-0.2, -0.15) is 13.9 Å². The van der Waals surface area contributed by atoms with Gasteiger partial charge in [-0.3, -0.25) is 14.0 Å². The maximum absolute atomic E-state index is 13.9. The number of hydrogen-bond donors (Lipinski definition) is 1. The summed E-state index contributed by atoms with van der Waals surface area (Å²) in [7, 11) is 1.74. The van der Waals surface area contributed by atoms with E-state index in [1.807, 2.05) is 0 Å². The number of rotatable bonds is 5. The van der Waals surface area contributed by atoms with E-state index in [0.717, 1.165) is 4.57 Å². The number of furan rings is 1.